The Kier molecular flexibility index (Phi) is 6.34. The summed E-state index contributed by atoms with van der Waals surface area (Å²) in [6, 6.07) is 9.27. The van der Waals surface area contributed by atoms with E-state index in [0.29, 0.717) is 22.8 Å². The molecule has 2 atom stereocenters. The van der Waals surface area contributed by atoms with E-state index < -0.39 is 6.10 Å². The summed E-state index contributed by atoms with van der Waals surface area (Å²) in [5.41, 5.74) is 2.87. The molecule has 1 aromatic carbocycles. The third-order valence-corrected chi connectivity index (χ3v) is 5.55. The minimum absolute atomic E-state index is 0.214. The van der Waals surface area contributed by atoms with E-state index >= 15 is 0 Å². The predicted octanol–water partition coefficient (Wildman–Crippen LogP) is 3.68. The number of halogens is 1. The number of ether oxygens (including phenoxy) is 1. The van der Waals surface area contributed by atoms with Crippen molar-refractivity contribution in [1.29, 1.82) is 0 Å². The number of aliphatic hydroxyl groups excluding tert-OH is 1. The average molecular weight is 389 g/mol. The molecule has 27 heavy (non-hydrogen) atoms. The van der Waals surface area contributed by atoms with E-state index in [1.165, 1.54) is 0 Å². The fourth-order valence-corrected chi connectivity index (χ4v) is 3.62. The van der Waals surface area contributed by atoms with Crippen LogP contribution in [0.2, 0.25) is 5.02 Å². The van der Waals surface area contributed by atoms with Crippen LogP contribution >= 0.6 is 11.6 Å². The number of carbonyl (C=O) groups excluding carboxylic acids is 1. The number of hydrogen-bond donors (Lipinski definition) is 2. The fourth-order valence-electron chi connectivity index (χ4n) is 3.45. The number of benzene rings is 1. The summed E-state index contributed by atoms with van der Waals surface area (Å²) in [6.45, 7) is 1.80. The number of aliphatic hydroxyl groups is 1. The summed E-state index contributed by atoms with van der Waals surface area (Å²) in [5.74, 6) is 0.526. The Balaban J connectivity index is 1.79. The molecule has 1 aromatic heterocycles. The maximum absolute atomic E-state index is 12.7. The molecule has 144 valence electrons. The topological polar surface area (TPSA) is 71.5 Å². The Bertz CT molecular complexity index is 808. The second-order valence-corrected chi connectivity index (χ2v) is 7.40. The van der Waals surface area contributed by atoms with Crippen molar-refractivity contribution in [2.24, 2.45) is 0 Å². The molecule has 0 unspecified atom stereocenters. The molecule has 0 spiro atoms. The van der Waals surface area contributed by atoms with Crippen molar-refractivity contribution in [2.45, 2.75) is 51.2 Å². The van der Waals surface area contributed by atoms with Crippen molar-refractivity contribution < 1.29 is 14.6 Å². The Morgan fingerprint density at radius 1 is 1.30 bits per heavy atom. The summed E-state index contributed by atoms with van der Waals surface area (Å²) < 4.78 is 5.18. The maximum atomic E-state index is 12.7. The van der Waals surface area contributed by atoms with E-state index in [0.717, 1.165) is 42.6 Å². The molecule has 2 N–H and O–H groups in total. The first kappa shape index (κ1) is 19.6. The highest BCUT2D eigenvalue weighted by molar-refractivity contribution is 6.32. The molecule has 6 heteroatoms. The highest BCUT2D eigenvalue weighted by Crippen LogP contribution is 2.25. The number of methoxy groups -OCH3 is 1. The van der Waals surface area contributed by atoms with Crippen LogP contribution in [0.1, 0.15) is 53.0 Å². The lowest BCUT2D eigenvalue weighted by atomic mass is 9.92. The summed E-state index contributed by atoms with van der Waals surface area (Å²) in [5, 5.41) is 13.6. The van der Waals surface area contributed by atoms with Gasteiger partial charge in [-0.05, 0) is 55.5 Å². The van der Waals surface area contributed by atoms with Gasteiger partial charge in [-0.3, -0.25) is 4.79 Å². The monoisotopic (exact) mass is 388 g/mol. The van der Waals surface area contributed by atoms with Crippen molar-refractivity contribution in [3.05, 3.63) is 57.9 Å². The number of pyridine rings is 1. The van der Waals surface area contributed by atoms with Crippen LogP contribution in [0.5, 0.6) is 5.75 Å². The smallest absolute Gasteiger partial charge is 0.270 e. The molecule has 0 saturated heterocycles. The number of hydrogen-bond acceptors (Lipinski definition) is 4. The summed E-state index contributed by atoms with van der Waals surface area (Å²) in [7, 11) is 1.63. The van der Waals surface area contributed by atoms with Crippen LogP contribution in [0, 0.1) is 6.92 Å². The first-order chi connectivity index (χ1) is 13.0. The standard InChI is InChI=1S/C21H25ClN2O3/c1-13-20(22)15(11-14-7-9-16(27-2)10-8-14)12-18(23-13)21(26)24-17-5-3-4-6-19(17)25/h7-10,12,17,19,25H,3-6,11H2,1-2H3,(H,24,26)/t17-,19-/m0/s1. The van der Waals surface area contributed by atoms with Crippen LogP contribution in [0.3, 0.4) is 0 Å². The highest BCUT2D eigenvalue weighted by atomic mass is 35.5. The molecule has 1 aliphatic rings. The fraction of sp³-hybridized carbons (Fsp3) is 0.429. The number of amides is 1. The Labute approximate surface area is 164 Å². The first-order valence-electron chi connectivity index (χ1n) is 9.26. The van der Waals surface area contributed by atoms with E-state index in [-0.39, 0.29) is 11.9 Å². The van der Waals surface area contributed by atoms with Gasteiger partial charge in [0.15, 0.2) is 0 Å². The molecule has 3 rings (SSSR count). The van der Waals surface area contributed by atoms with Crippen molar-refractivity contribution in [1.82, 2.24) is 10.3 Å². The Morgan fingerprint density at radius 3 is 2.67 bits per heavy atom. The normalized spacial score (nSPS) is 19.6. The van der Waals surface area contributed by atoms with Gasteiger partial charge in [-0.25, -0.2) is 4.98 Å². The molecule has 0 bridgehead atoms. The van der Waals surface area contributed by atoms with E-state index in [1.807, 2.05) is 24.3 Å². The lowest BCUT2D eigenvalue weighted by Gasteiger charge is -2.28. The number of nitrogens with zero attached hydrogens (tertiary/aromatic N) is 1. The quantitative estimate of drug-likeness (QED) is 0.819. The van der Waals surface area contributed by atoms with Gasteiger partial charge in [-0.2, -0.15) is 0 Å². The number of aromatic nitrogens is 1. The van der Waals surface area contributed by atoms with Crippen LogP contribution in [0.15, 0.2) is 30.3 Å². The second kappa shape index (κ2) is 8.72. The maximum Gasteiger partial charge on any atom is 0.270 e. The van der Waals surface area contributed by atoms with Gasteiger partial charge in [-0.15, -0.1) is 0 Å². The lowest BCUT2D eigenvalue weighted by Crippen LogP contribution is -2.45. The number of carbonyl (C=O) groups is 1. The Hall–Kier alpha value is -2.11. The molecule has 0 radical (unpaired) electrons. The van der Waals surface area contributed by atoms with Crippen molar-refractivity contribution in [2.75, 3.05) is 7.11 Å². The van der Waals surface area contributed by atoms with Crippen LogP contribution in [0.4, 0.5) is 0 Å². The van der Waals surface area contributed by atoms with Gasteiger partial charge in [0.05, 0.1) is 30.0 Å². The highest BCUT2D eigenvalue weighted by Gasteiger charge is 2.25. The minimum atomic E-state index is -0.491. The minimum Gasteiger partial charge on any atom is -0.497 e. The third-order valence-electron chi connectivity index (χ3n) is 5.03. The molecule has 1 aliphatic carbocycles. The van der Waals surface area contributed by atoms with Gasteiger partial charge in [0.25, 0.3) is 5.91 Å². The zero-order chi connectivity index (χ0) is 19.4. The SMILES string of the molecule is COc1ccc(Cc2cc(C(=O)N[C@H]3CCCC[C@@H]3O)nc(C)c2Cl)cc1. The average Bonchev–Trinajstić information content (AvgIpc) is 2.67. The first-order valence-corrected chi connectivity index (χ1v) is 9.63. The summed E-state index contributed by atoms with van der Waals surface area (Å²) in [4.78, 5) is 17.0. The molecule has 2 aromatic rings. The molecule has 1 fully saturated rings. The molecule has 0 aliphatic heterocycles. The van der Waals surface area contributed by atoms with Crippen molar-refractivity contribution >= 4 is 17.5 Å². The lowest BCUT2D eigenvalue weighted by molar-refractivity contribution is 0.0713. The molecular formula is C21H25ClN2O3. The molecule has 1 heterocycles. The van der Waals surface area contributed by atoms with E-state index in [4.69, 9.17) is 16.3 Å². The van der Waals surface area contributed by atoms with Gasteiger partial charge in [-0.1, -0.05) is 36.6 Å². The molecular weight excluding hydrogens is 364 g/mol. The van der Waals surface area contributed by atoms with Gasteiger partial charge in [0.2, 0.25) is 0 Å². The van der Waals surface area contributed by atoms with E-state index in [2.05, 4.69) is 10.3 Å². The number of rotatable bonds is 5. The number of nitrogens with one attached hydrogen (secondary N) is 1. The van der Waals surface area contributed by atoms with Gasteiger partial charge < -0.3 is 15.2 Å². The molecule has 1 saturated carbocycles. The van der Waals surface area contributed by atoms with Crippen LogP contribution < -0.4 is 10.1 Å². The van der Waals surface area contributed by atoms with Crippen molar-refractivity contribution in [3.63, 3.8) is 0 Å². The Morgan fingerprint density at radius 2 is 2.00 bits per heavy atom. The zero-order valence-electron chi connectivity index (χ0n) is 15.7. The van der Waals surface area contributed by atoms with Crippen LogP contribution in [0.25, 0.3) is 0 Å². The summed E-state index contributed by atoms with van der Waals surface area (Å²) >= 11 is 6.43. The van der Waals surface area contributed by atoms with Gasteiger partial charge >= 0.3 is 0 Å². The van der Waals surface area contributed by atoms with Gasteiger partial charge in [0.1, 0.15) is 11.4 Å². The van der Waals surface area contributed by atoms with E-state index in [1.54, 1.807) is 20.1 Å². The van der Waals surface area contributed by atoms with Crippen molar-refractivity contribution in [3.8, 4) is 5.75 Å². The predicted molar refractivity (Wildman–Crippen MR) is 106 cm³/mol. The number of aryl methyl sites for hydroxylation is 1. The largest absolute Gasteiger partial charge is 0.497 e. The van der Waals surface area contributed by atoms with E-state index in [9.17, 15) is 9.90 Å². The molecule has 1 amide bonds. The zero-order valence-corrected chi connectivity index (χ0v) is 16.4. The van der Waals surface area contributed by atoms with Crippen LogP contribution in [-0.4, -0.2) is 35.3 Å². The second-order valence-electron chi connectivity index (χ2n) is 7.02. The molecule has 5 nitrogen and oxygen atoms in total. The van der Waals surface area contributed by atoms with Crippen LogP contribution in [-0.2, 0) is 6.42 Å². The van der Waals surface area contributed by atoms with Gasteiger partial charge in [0, 0.05) is 0 Å². The summed E-state index contributed by atoms with van der Waals surface area (Å²) in [6.07, 6.45) is 3.63. The third kappa shape index (κ3) is 4.79.